The zero-order chi connectivity index (χ0) is 12.6. The van der Waals surface area contributed by atoms with Gasteiger partial charge in [-0.1, -0.05) is 13.3 Å². The molecule has 0 aromatic rings. The second-order valence-electron chi connectivity index (χ2n) is 3.85. The lowest BCUT2D eigenvalue weighted by molar-refractivity contribution is -0.143. The number of carboxylic acids is 2. The van der Waals surface area contributed by atoms with E-state index in [-0.39, 0.29) is 12.8 Å². The minimum absolute atomic E-state index is 0.0653. The minimum Gasteiger partial charge on any atom is -0.481 e. The van der Waals surface area contributed by atoms with Crippen molar-refractivity contribution in [1.82, 2.24) is 0 Å². The summed E-state index contributed by atoms with van der Waals surface area (Å²) in [7, 11) is 0. The highest BCUT2D eigenvalue weighted by molar-refractivity contribution is 7.99. The van der Waals surface area contributed by atoms with Crippen LogP contribution in [-0.4, -0.2) is 33.7 Å². The average Bonchev–Trinajstić information content (AvgIpc) is 2.21. The molecule has 0 aliphatic rings. The molecule has 0 aromatic heterocycles. The van der Waals surface area contributed by atoms with Crippen molar-refractivity contribution < 1.29 is 19.8 Å². The summed E-state index contributed by atoms with van der Waals surface area (Å²) in [5, 5.41) is 17.9. The number of carbonyl (C=O) groups is 2. The van der Waals surface area contributed by atoms with Gasteiger partial charge in [0.1, 0.15) is 0 Å². The zero-order valence-corrected chi connectivity index (χ0v) is 10.6. The molecule has 0 saturated heterocycles. The fourth-order valence-electron chi connectivity index (χ4n) is 1.61. The van der Waals surface area contributed by atoms with Crippen molar-refractivity contribution in [2.75, 3.05) is 6.26 Å². The Morgan fingerprint density at radius 1 is 1.25 bits per heavy atom. The van der Waals surface area contributed by atoms with E-state index in [0.29, 0.717) is 11.7 Å². The van der Waals surface area contributed by atoms with Crippen LogP contribution in [-0.2, 0) is 9.59 Å². The van der Waals surface area contributed by atoms with Gasteiger partial charge in [0, 0.05) is 11.7 Å². The van der Waals surface area contributed by atoms with Gasteiger partial charge in [-0.05, 0) is 25.5 Å². The molecule has 0 aliphatic carbocycles. The van der Waals surface area contributed by atoms with Crippen LogP contribution in [0.3, 0.4) is 0 Å². The molecule has 0 aromatic carbocycles. The van der Waals surface area contributed by atoms with Crippen LogP contribution < -0.4 is 0 Å². The fourth-order valence-corrected chi connectivity index (χ4v) is 2.51. The van der Waals surface area contributed by atoms with Crippen molar-refractivity contribution >= 4 is 23.7 Å². The van der Waals surface area contributed by atoms with Gasteiger partial charge in [-0.2, -0.15) is 11.8 Å². The van der Waals surface area contributed by atoms with Crippen LogP contribution in [0.1, 0.15) is 39.0 Å². The summed E-state index contributed by atoms with van der Waals surface area (Å²) in [6.07, 6.45) is 4.71. The van der Waals surface area contributed by atoms with E-state index in [2.05, 4.69) is 6.92 Å². The third kappa shape index (κ3) is 6.71. The van der Waals surface area contributed by atoms with Crippen molar-refractivity contribution in [3.63, 3.8) is 0 Å². The topological polar surface area (TPSA) is 74.6 Å². The number of carboxylic acid groups (broad SMARTS) is 2. The Labute approximate surface area is 100 Å². The summed E-state index contributed by atoms with van der Waals surface area (Å²) in [6, 6.07) is 0. The molecular formula is C11H20O4S. The number of hydrogen-bond acceptors (Lipinski definition) is 3. The molecule has 0 saturated carbocycles. The lowest BCUT2D eigenvalue weighted by Gasteiger charge is -2.18. The summed E-state index contributed by atoms with van der Waals surface area (Å²) < 4.78 is 0. The lowest BCUT2D eigenvalue weighted by Crippen LogP contribution is -2.20. The van der Waals surface area contributed by atoms with E-state index in [1.165, 1.54) is 0 Å². The molecule has 0 rings (SSSR count). The first-order valence-electron chi connectivity index (χ1n) is 5.48. The molecule has 0 bridgehead atoms. The smallest absolute Gasteiger partial charge is 0.306 e. The first kappa shape index (κ1) is 15.3. The Morgan fingerprint density at radius 3 is 2.25 bits per heavy atom. The Morgan fingerprint density at radius 2 is 1.88 bits per heavy atom. The maximum Gasteiger partial charge on any atom is 0.306 e. The van der Waals surface area contributed by atoms with Gasteiger partial charge in [0.25, 0.3) is 0 Å². The van der Waals surface area contributed by atoms with E-state index in [9.17, 15) is 9.59 Å². The maximum atomic E-state index is 11.0. The summed E-state index contributed by atoms with van der Waals surface area (Å²) in [5.74, 6) is -2.33. The highest BCUT2D eigenvalue weighted by Crippen LogP contribution is 2.24. The van der Waals surface area contributed by atoms with E-state index in [0.717, 1.165) is 12.8 Å². The molecule has 2 N–H and O–H groups in total. The van der Waals surface area contributed by atoms with Crippen LogP contribution in [0.5, 0.6) is 0 Å². The number of thioether (sulfide) groups is 1. The van der Waals surface area contributed by atoms with E-state index in [1.807, 2.05) is 6.26 Å². The van der Waals surface area contributed by atoms with Crippen molar-refractivity contribution in [2.45, 2.75) is 44.3 Å². The number of aliphatic carboxylic acids is 2. The molecule has 2 unspecified atom stereocenters. The molecule has 0 radical (unpaired) electrons. The molecule has 0 aliphatic heterocycles. The summed E-state index contributed by atoms with van der Waals surface area (Å²) in [5.41, 5.74) is 0. The average molecular weight is 248 g/mol. The second kappa shape index (κ2) is 8.44. The van der Waals surface area contributed by atoms with Gasteiger partial charge in [0.2, 0.25) is 0 Å². The molecule has 0 spiro atoms. The van der Waals surface area contributed by atoms with Crippen LogP contribution in [0, 0.1) is 5.92 Å². The third-order valence-corrected chi connectivity index (χ3v) is 3.64. The van der Waals surface area contributed by atoms with Crippen LogP contribution in [0.2, 0.25) is 0 Å². The van der Waals surface area contributed by atoms with Crippen molar-refractivity contribution in [3.05, 3.63) is 0 Å². The molecule has 0 fully saturated rings. The minimum atomic E-state index is -0.928. The van der Waals surface area contributed by atoms with E-state index >= 15 is 0 Å². The predicted octanol–water partition coefficient (Wildman–Crippen LogP) is 2.47. The normalized spacial score (nSPS) is 14.4. The van der Waals surface area contributed by atoms with Gasteiger partial charge >= 0.3 is 11.9 Å². The van der Waals surface area contributed by atoms with Gasteiger partial charge in [-0.3, -0.25) is 9.59 Å². The summed E-state index contributed by atoms with van der Waals surface area (Å²) in [6.45, 7) is 2.07. The highest BCUT2D eigenvalue weighted by atomic mass is 32.2. The van der Waals surface area contributed by atoms with Crippen molar-refractivity contribution in [3.8, 4) is 0 Å². The Hall–Kier alpha value is -0.710. The fraction of sp³-hybridized carbons (Fsp3) is 0.818. The van der Waals surface area contributed by atoms with Gasteiger partial charge < -0.3 is 10.2 Å². The molecule has 2 atom stereocenters. The maximum absolute atomic E-state index is 11.0. The van der Waals surface area contributed by atoms with Crippen molar-refractivity contribution in [2.24, 2.45) is 5.92 Å². The second-order valence-corrected chi connectivity index (χ2v) is 4.99. The molecule has 4 nitrogen and oxygen atoms in total. The van der Waals surface area contributed by atoms with Crippen LogP contribution in [0.15, 0.2) is 0 Å². The predicted molar refractivity (Wildman–Crippen MR) is 64.8 cm³/mol. The van der Waals surface area contributed by atoms with Crippen LogP contribution >= 0.6 is 11.8 Å². The van der Waals surface area contributed by atoms with Crippen LogP contribution in [0.4, 0.5) is 0 Å². The van der Waals surface area contributed by atoms with E-state index < -0.39 is 17.9 Å². The molecule has 0 heterocycles. The molecule has 0 amide bonds. The van der Waals surface area contributed by atoms with Gasteiger partial charge in [-0.25, -0.2) is 0 Å². The molecule has 5 heteroatoms. The van der Waals surface area contributed by atoms with Gasteiger partial charge in [-0.15, -0.1) is 0 Å². The Bertz CT molecular complexity index is 230. The molecule has 16 heavy (non-hydrogen) atoms. The first-order chi connectivity index (χ1) is 7.51. The highest BCUT2D eigenvalue weighted by Gasteiger charge is 2.22. The zero-order valence-electron chi connectivity index (χ0n) is 9.81. The molecule has 94 valence electrons. The monoisotopic (exact) mass is 248 g/mol. The largest absolute Gasteiger partial charge is 0.481 e. The number of rotatable bonds is 9. The third-order valence-electron chi connectivity index (χ3n) is 2.55. The van der Waals surface area contributed by atoms with Crippen molar-refractivity contribution in [1.29, 1.82) is 0 Å². The number of hydrogen-bond donors (Lipinski definition) is 2. The summed E-state index contributed by atoms with van der Waals surface area (Å²) >= 11 is 1.66. The van der Waals surface area contributed by atoms with Gasteiger partial charge in [0.15, 0.2) is 0 Å². The summed E-state index contributed by atoms with van der Waals surface area (Å²) in [4.78, 5) is 21.4. The Kier molecular flexibility index (Phi) is 8.07. The van der Waals surface area contributed by atoms with E-state index in [1.54, 1.807) is 11.8 Å². The van der Waals surface area contributed by atoms with E-state index in [4.69, 9.17) is 10.2 Å². The Balaban J connectivity index is 4.19. The van der Waals surface area contributed by atoms with Gasteiger partial charge in [0.05, 0.1) is 5.92 Å². The molecular weight excluding hydrogens is 228 g/mol. The SMILES string of the molecule is CCCC(CC(CCC(=O)O)C(=O)O)SC. The lowest BCUT2D eigenvalue weighted by atomic mass is 9.96. The van der Waals surface area contributed by atoms with Crippen LogP contribution in [0.25, 0.3) is 0 Å². The quantitative estimate of drug-likeness (QED) is 0.655. The standard InChI is InChI=1S/C11H20O4S/c1-3-4-9(16-2)7-8(11(14)15)5-6-10(12)13/h8-9H,3-7H2,1-2H3,(H,12,13)(H,14,15). The first-order valence-corrected chi connectivity index (χ1v) is 6.77.